The summed E-state index contributed by atoms with van der Waals surface area (Å²) in [5.41, 5.74) is 4.68. The van der Waals surface area contributed by atoms with Crippen LogP contribution >= 0.6 is 0 Å². The van der Waals surface area contributed by atoms with Gasteiger partial charge < -0.3 is 10.2 Å². The fourth-order valence-electron chi connectivity index (χ4n) is 3.54. The lowest BCUT2D eigenvalue weighted by atomic mass is 9.87. The number of hydrogen-bond donors (Lipinski definition) is 1. The van der Waals surface area contributed by atoms with E-state index in [-0.39, 0.29) is 17.9 Å². The van der Waals surface area contributed by atoms with Gasteiger partial charge in [0, 0.05) is 11.3 Å². The largest absolute Gasteiger partial charge is 0.338 e. The zero-order valence-electron chi connectivity index (χ0n) is 15.9. The van der Waals surface area contributed by atoms with E-state index < -0.39 is 6.04 Å². The molecule has 2 atom stereocenters. The topological polar surface area (TPSA) is 49.4 Å². The first-order valence-electron chi connectivity index (χ1n) is 9.37. The average Bonchev–Trinajstić information content (AvgIpc) is 2.72. The summed E-state index contributed by atoms with van der Waals surface area (Å²) < 4.78 is 0. The summed E-state index contributed by atoms with van der Waals surface area (Å²) in [6.45, 7) is 4.05. The summed E-state index contributed by atoms with van der Waals surface area (Å²) in [6, 6.07) is 24.1. The maximum atomic E-state index is 13.0. The van der Waals surface area contributed by atoms with Crippen LogP contribution < -0.4 is 10.2 Å². The van der Waals surface area contributed by atoms with E-state index in [4.69, 9.17) is 0 Å². The van der Waals surface area contributed by atoms with Crippen LogP contribution in [0.2, 0.25) is 0 Å². The Morgan fingerprint density at radius 1 is 0.821 bits per heavy atom. The van der Waals surface area contributed by atoms with Gasteiger partial charge in [0.25, 0.3) is 11.8 Å². The van der Waals surface area contributed by atoms with Crippen LogP contribution in [0.3, 0.4) is 0 Å². The van der Waals surface area contributed by atoms with Gasteiger partial charge in [0.15, 0.2) is 0 Å². The van der Waals surface area contributed by atoms with Gasteiger partial charge in [-0.1, -0.05) is 65.7 Å². The minimum Gasteiger partial charge on any atom is -0.338 e. The molecule has 3 aromatic rings. The number of nitrogens with zero attached hydrogens (tertiary/aromatic N) is 1. The van der Waals surface area contributed by atoms with Crippen molar-refractivity contribution in [1.82, 2.24) is 5.32 Å². The van der Waals surface area contributed by atoms with Gasteiger partial charge in [-0.3, -0.25) is 9.59 Å². The lowest BCUT2D eigenvalue weighted by Gasteiger charge is -2.47. The Balaban J connectivity index is 1.65. The molecule has 140 valence electrons. The predicted molar refractivity (Wildman–Crippen MR) is 110 cm³/mol. The highest BCUT2D eigenvalue weighted by Crippen LogP contribution is 2.39. The highest BCUT2D eigenvalue weighted by atomic mass is 16.2. The Kier molecular flexibility index (Phi) is 4.70. The normalized spacial score (nSPS) is 18.5. The van der Waals surface area contributed by atoms with Crippen LogP contribution in [0.4, 0.5) is 5.69 Å². The molecule has 0 spiro atoms. The van der Waals surface area contributed by atoms with Gasteiger partial charge in [0.05, 0.1) is 6.04 Å². The zero-order chi connectivity index (χ0) is 19.7. The molecule has 1 aliphatic heterocycles. The summed E-state index contributed by atoms with van der Waals surface area (Å²) in [4.78, 5) is 27.4. The molecular formula is C24H22N2O2. The van der Waals surface area contributed by atoms with Crippen molar-refractivity contribution in [2.45, 2.75) is 25.9 Å². The third kappa shape index (κ3) is 3.29. The first kappa shape index (κ1) is 18.0. The fourth-order valence-corrected chi connectivity index (χ4v) is 3.54. The van der Waals surface area contributed by atoms with Crippen LogP contribution in [0.15, 0.2) is 78.9 Å². The Hall–Kier alpha value is -3.40. The van der Waals surface area contributed by atoms with Gasteiger partial charge in [-0.05, 0) is 43.7 Å². The number of hydrogen-bond acceptors (Lipinski definition) is 2. The highest BCUT2D eigenvalue weighted by Gasteiger charge is 2.49. The standard InChI is InChI=1S/C24H22N2O2/c1-16-8-12-18(13-9-16)22-21(25-23(27)19-6-4-3-5-7-19)24(28)26(22)20-14-10-17(2)11-15-20/h3-15,21-22H,1-2H3,(H,25,27)/t21-,22-/m0/s1. The molecule has 1 saturated heterocycles. The lowest BCUT2D eigenvalue weighted by Crippen LogP contribution is -2.66. The third-order valence-electron chi connectivity index (χ3n) is 5.15. The Bertz CT molecular complexity index is 995. The number of nitrogens with one attached hydrogen (secondary N) is 1. The van der Waals surface area contributed by atoms with E-state index in [1.54, 1.807) is 17.0 Å². The zero-order valence-corrected chi connectivity index (χ0v) is 15.9. The second kappa shape index (κ2) is 7.31. The molecule has 0 aliphatic carbocycles. The highest BCUT2D eigenvalue weighted by molar-refractivity contribution is 6.09. The number of β-lactam (4-membered cyclic amide) rings is 1. The first-order valence-corrected chi connectivity index (χ1v) is 9.37. The van der Waals surface area contributed by atoms with Crippen LogP contribution in [0, 0.1) is 13.8 Å². The summed E-state index contributed by atoms with van der Waals surface area (Å²) in [7, 11) is 0. The third-order valence-corrected chi connectivity index (χ3v) is 5.15. The molecule has 3 aromatic carbocycles. The van der Waals surface area contributed by atoms with E-state index in [1.165, 1.54) is 0 Å². The molecule has 28 heavy (non-hydrogen) atoms. The number of carbonyl (C=O) groups excluding carboxylic acids is 2. The molecule has 1 aliphatic rings. The van der Waals surface area contributed by atoms with Crippen molar-refractivity contribution in [1.29, 1.82) is 0 Å². The SMILES string of the molecule is Cc1ccc([C@H]2[C@H](NC(=O)c3ccccc3)C(=O)N2c2ccc(C)cc2)cc1. The van der Waals surface area contributed by atoms with Crippen LogP contribution in [-0.2, 0) is 4.79 Å². The molecule has 0 radical (unpaired) electrons. The molecule has 0 unspecified atom stereocenters. The average molecular weight is 370 g/mol. The molecule has 2 amide bonds. The second-order valence-corrected chi connectivity index (χ2v) is 7.22. The smallest absolute Gasteiger partial charge is 0.252 e. The molecule has 0 aromatic heterocycles. The molecule has 1 fully saturated rings. The number of aryl methyl sites for hydroxylation is 2. The van der Waals surface area contributed by atoms with E-state index in [0.29, 0.717) is 5.56 Å². The summed E-state index contributed by atoms with van der Waals surface area (Å²) in [6.07, 6.45) is 0. The summed E-state index contributed by atoms with van der Waals surface area (Å²) in [5, 5.41) is 2.93. The lowest BCUT2D eigenvalue weighted by molar-refractivity contribution is -0.127. The minimum atomic E-state index is -0.586. The Morgan fingerprint density at radius 3 is 2.00 bits per heavy atom. The van der Waals surface area contributed by atoms with Crippen LogP contribution in [0.1, 0.15) is 33.1 Å². The van der Waals surface area contributed by atoms with Gasteiger partial charge in [0.2, 0.25) is 0 Å². The fraction of sp³-hybridized carbons (Fsp3) is 0.167. The van der Waals surface area contributed by atoms with Gasteiger partial charge >= 0.3 is 0 Å². The van der Waals surface area contributed by atoms with Crippen molar-refractivity contribution in [3.63, 3.8) is 0 Å². The van der Waals surface area contributed by atoms with Gasteiger partial charge in [-0.2, -0.15) is 0 Å². The molecule has 1 N–H and O–H groups in total. The minimum absolute atomic E-state index is 0.0984. The van der Waals surface area contributed by atoms with Gasteiger partial charge in [0.1, 0.15) is 6.04 Å². The molecule has 4 heteroatoms. The van der Waals surface area contributed by atoms with Crippen molar-refractivity contribution < 1.29 is 9.59 Å². The van der Waals surface area contributed by atoms with E-state index in [9.17, 15) is 9.59 Å². The van der Waals surface area contributed by atoms with E-state index >= 15 is 0 Å². The Labute approximate surface area is 164 Å². The number of anilines is 1. The van der Waals surface area contributed by atoms with E-state index in [0.717, 1.165) is 22.4 Å². The van der Waals surface area contributed by atoms with Gasteiger partial charge in [-0.15, -0.1) is 0 Å². The van der Waals surface area contributed by atoms with Crippen LogP contribution in [-0.4, -0.2) is 17.9 Å². The monoisotopic (exact) mass is 370 g/mol. The molecule has 1 heterocycles. The quantitative estimate of drug-likeness (QED) is 0.700. The molecule has 0 saturated carbocycles. The van der Waals surface area contributed by atoms with E-state index in [2.05, 4.69) is 5.32 Å². The Morgan fingerprint density at radius 2 is 1.39 bits per heavy atom. The maximum Gasteiger partial charge on any atom is 0.252 e. The number of amides is 2. The van der Waals surface area contributed by atoms with Crippen molar-refractivity contribution in [3.05, 3.63) is 101 Å². The van der Waals surface area contributed by atoms with E-state index in [1.807, 2.05) is 80.6 Å². The number of carbonyl (C=O) groups is 2. The van der Waals surface area contributed by atoms with Crippen LogP contribution in [0.25, 0.3) is 0 Å². The second-order valence-electron chi connectivity index (χ2n) is 7.22. The molecule has 4 rings (SSSR count). The molecular weight excluding hydrogens is 348 g/mol. The summed E-state index contributed by atoms with van der Waals surface area (Å²) >= 11 is 0. The number of benzene rings is 3. The predicted octanol–water partition coefficient (Wildman–Crippen LogP) is 4.19. The van der Waals surface area contributed by atoms with Gasteiger partial charge in [-0.25, -0.2) is 0 Å². The maximum absolute atomic E-state index is 13.0. The number of rotatable bonds is 4. The van der Waals surface area contributed by atoms with Crippen LogP contribution in [0.5, 0.6) is 0 Å². The first-order chi connectivity index (χ1) is 13.5. The molecule has 4 nitrogen and oxygen atoms in total. The van der Waals surface area contributed by atoms with Crippen molar-refractivity contribution in [2.24, 2.45) is 0 Å². The van der Waals surface area contributed by atoms with Crippen molar-refractivity contribution >= 4 is 17.5 Å². The summed E-state index contributed by atoms with van der Waals surface area (Å²) in [5.74, 6) is -0.335. The molecule has 0 bridgehead atoms. The van der Waals surface area contributed by atoms with Crippen molar-refractivity contribution in [2.75, 3.05) is 4.90 Å². The van der Waals surface area contributed by atoms with Crippen molar-refractivity contribution in [3.8, 4) is 0 Å².